The first kappa shape index (κ1) is 15.2. The Balaban J connectivity index is 1.79. The quantitative estimate of drug-likeness (QED) is 0.699. The second-order valence-corrected chi connectivity index (χ2v) is 6.70. The van der Waals surface area contributed by atoms with Gasteiger partial charge in [-0.1, -0.05) is 17.7 Å². The molecule has 0 radical (unpaired) electrons. The van der Waals surface area contributed by atoms with E-state index in [0.717, 1.165) is 28.6 Å². The SMILES string of the molecule is Cc1sc2c(C)c(F)ccc2c1CCNc1cc(Cl)ncn1. The van der Waals surface area contributed by atoms with E-state index in [1.807, 2.05) is 13.0 Å². The maximum absolute atomic E-state index is 13.7. The van der Waals surface area contributed by atoms with Crippen molar-refractivity contribution in [3.05, 3.63) is 51.5 Å². The van der Waals surface area contributed by atoms with Crippen molar-refractivity contribution in [2.75, 3.05) is 11.9 Å². The van der Waals surface area contributed by atoms with Crippen LogP contribution >= 0.6 is 22.9 Å². The van der Waals surface area contributed by atoms with Gasteiger partial charge in [-0.15, -0.1) is 11.3 Å². The van der Waals surface area contributed by atoms with E-state index < -0.39 is 0 Å². The molecule has 0 spiro atoms. The van der Waals surface area contributed by atoms with Gasteiger partial charge in [0.2, 0.25) is 0 Å². The first-order valence-electron chi connectivity index (χ1n) is 6.94. The van der Waals surface area contributed by atoms with Gasteiger partial charge in [0.05, 0.1) is 0 Å². The van der Waals surface area contributed by atoms with Gasteiger partial charge in [-0.05, 0) is 37.3 Å². The van der Waals surface area contributed by atoms with Gasteiger partial charge in [0.1, 0.15) is 23.1 Å². The number of rotatable bonds is 4. The van der Waals surface area contributed by atoms with Crippen LogP contribution in [0, 0.1) is 19.7 Å². The molecule has 0 atom stereocenters. The Kier molecular flexibility index (Phi) is 4.27. The van der Waals surface area contributed by atoms with Gasteiger partial charge >= 0.3 is 0 Å². The van der Waals surface area contributed by atoms with Crippen LogP contribution < -0.4 is 5.32 Å². The van der Waals surface area contributed by atoms with Crippen molar-refractivity contribution in [3.8, 4) is 0 Å². The predicted octanol–water partition coefficient (Wildman–Crippen LogP) is 4.76. The van der Waals surface area contributed by atoms with Crippen molar-refractivity contribution in [3.63, 3.8) is 0 Å². The largest absolute Gasteiger partial charge is 0.370 e. The molecule has 1 aromatic carbocycles. The average Bonchev–Trinajstić information content (AvgIpc) is 2.80. The van der Waals surface area contributed by atoms with Crippen LogP contribution in [0.3, 0.4) is 0 Å². The Hall–Kier alpha value is -1.72. The zero-order valence-electron chi connectivity index (χ0n) is 12.3. The Bertz CT molecular complexity index is 832. The predicted molar refractivity (Wildman–Crippen MR) is 90.5 cm³/mol. The summed E-state index contributed by atoms with van der Waals surface area (Å²) in [6.07, 6.45) is 2.28. The summed E-state index contributed by atoms with van der Waals surface area (Å²) in [5.41, 5.74) is 1.99. The minimum absolute atomic E-state index is 0.144. The van der Waals surface area contributed by atoms with Crippen molar-refractivity contribution in [1.82, 2.24) is 9.97 Å². The first-order chi connectivity index (χ1) is 10.6. The molecule has 0 bridgehead atoms. The molecule has 0 aliphatic carbocycles. The van der Waals surface area contributed by atoms with Gasteiger partial charge in [-0.2, -0.15) is 0 Å². The van der Waals surface area contributed by atoms with E-state index in [4.69, 9.17) is 11.6 Å². The van der Waals surface area contributed by atoms with E-state index in [0.29, 0.717) is 11.0 Å². The number of aryl methyl sites for hydroxylation is 2. The number of anilines is 1. The van der Waals surface area contributed by atoms with Crippen molar-refractivity contribution < 1.29 is 4.39 Å². The fraction of sp³-hybridized carbons (Fsp3) is 0.250. The molecule has 3 aromatic rings. The van der Waals surface area contributed by atoms with Crippen LogP contribution in [-0.4, -0.2) is 16.5 Å². The second kappa shape index (κ2) is 6.18. The van der Waals surface area contributed by atoms with E-state index in [-0.39, 0.29) is 5.82 Å². The number of hydrogen-bond acceptors (Lipinski definition) is 4. The van der Waals surface area contributed by atoms with E-state index >= 15 is 0 Å². The Morgan fingerprint density at radius 2 is 2.09 bits per heavy atom. The number of benzene rings is 1. The molecular weight excluding hydrogens is 321 g/mol. The van der Waals surface area contributed by atoms with E-state index in [1.165, 1.54) is 16.8 Å². The highest BCUT2D eigenvalue weighted by Gasteiger charge is 2.12. The van der Waals surface area contributed by atoms with Crippen LogP contribution in [0.4, 0.5) is 10.2 Å². The molecule has 2 heterocycles. The van der Waals surface area contributed by atoms with Gasteiger partial charge in [0, 0.05) is 27.8 Å². The standard InChI is InChI=1S/C16H15ClFN3S/c1-9-13(18)4-3-12-11(10(2)22-16(9)12)5-6-19-15-7-14(17)20-8-21-15/h3-4,7-8H,5-6H2,1-2H3,(H,19,20,21). The lowest BCUT2D eigenvalue weighted by Gasteiger charge is -2.06. The highest BCUT2D eigenvalue weighted by atomic mass is 35.5. The lowest BCUT2D eigenvalue weighted by Crippen LogP contribution is -2.06. The van der Waals surface area contributed by atoms with Gasteiger partial charge in [0.25, 0.3) is 0 Å². The molecule has 2 aromatic heterocycles. The fourth-order valence-corrected chi connectivity index (χ4v) is 3.84. The minimum atomic E-state index is -0.144. The molecule has 22 heavy (non-hydrogen) atoms. The maximum atomic E-state index is 13.7. The highest BCUT2D eigenvalue weighted by Crippen LogP contribution is 2.34. The molecule has 0 fully saturated rings. The topological polar surface area (TPSA) is 37.8 Å². The Labute approximate surface area is 137 Å². The molecular formula is C16H15ClFN3S. The zero-order valence-corrected chi connectivity index (χ0v) is 13.9. The summed E-state index contributed by atoms with van der Waals surface area (Å²) in [6.45, 7) is 4.65. The zero-order chi connectivity index (χ0) is 15.7. The first-order valence-corrected chi connectivity index (χ1v) is 8.14. The maximum Gasteiger partial charge on any atom is 0.134 e. The molecule has 0 aliphatic rings. The molecule has 3 nitrogen and oxygen atoms in total. The summed E-state index contributed by atoms with van der Waals surface area (Å²) < 4.78 is 14.7. The third-order valence-corrected chi connectivity index (χ3v) is 5.15. The van der Waals surface area contributed by atoms with E-state index in [1.54, 1.807) is 23.5 Å². The Morgan fingerprint density at radius 1 is 1.27 bits per heavy atom. The molecule has 0 aliphatic heterocycles. The summed E-state index contributed by atoms with van der Waals surface area (Å²) in [5, 5.41) is 4.80. The van der Waals surface area contributed by atoms with E-state index in [9.17, 15) is 4.39 Å². The summed E-state index contributed by atoms with van der Waals surface area (Å²) in [6, 6.07) is 5.11. The second-order valence-electron chi connectivity index (χ2n) is 5.09. The summed E-state index contributed by atoms with van der Waals surface area (Å²) >= 11 is 7.49. The molecule has 0 saturated heterocycles. The number of fused-ring (bicyclic) bond motifs is 1. The third-order valence-electron chi connectivity index (χ3n) is 3.66. The molecule has 0 amide bonds. The van der Waals surface area contributed by atoms with Gasteiger partial charge < -0.3 is 5.32 Å². The van der Waals surface area contributed by atoms with Crippen molar-refractivity contribution in [2.45, 2.75) is 20.3 Å². The van der Waals surface area contributed by atoms with Crippen molar-refractivity contribution in [2.24, 2.45) is 0 Å². The lowest BCUT2D eigenvalue weighted by atomic mass is 10.1. The average molecular weight is 336 g/mol. The van der Waals surface area contributed by atoms with Crippen LogP contribution in [0.2, 0.25) is 5.15 Å². The van der Waals surface area contributed by atoms with Crippen LogP contribution in [0.1, 0.15) is 16.0 Å². The normalized spacial score (nSPS) is 11.1. The summed E-state index contributed by atoms with van der Waals surface area (Å²) in [5.74, 6) is 0.563. The van der Waals surface area contributed by atoms with Crippen LogP contribution in [0.15, 0.2) is 24.5 Å². The fourth-order valence-electron chi connectivity index (χ4n) is 2.50. The number of hydrogen-bond donors (Lipinski definition) is 1. The van der Waals surface area contributed by atoms with Gasteiger partial charge in [0.15, 0.2) is 0 Å². The van der Waals surface area contributed by atoms with Crippen LogP contribution in [0.25, 0.3) is 10.1 Å². The Morgan fingerprint density at radius 3 is 2.86 bits per heavy atom. The monoisotopic (exact) mass is 335 g/mol. The smallest absolute Gasteiger partial charge is 0.134 e. The number of halogens is 2. The minimum Gasteiger partial charge on any atom is -0.370 e. The molecule has 6 heteroatoms. The van der Waals surface area contributed by atoms with E-state index in [2.05, 4.69) is 22.2 Å². The summed E-state index contributed by atoms with van der Waals surface area (Å²) in [4.78, 5) is 9.19. The van der Waals surface area contributed by atoms with Crippen LogP contribution in [0.5, 0.6) is 0 Å². The molecule has 1 N–H and O–H groups in total. The molecule has 0 unspecified atom stereocenters. The van der Waals surface area contributed by atoms with Crippen molar-refractivity contribution >= 4 is 38.8 Å². The van der Waals surface area contributed by atoms with Gasteiger partial charge in [-0.25, -0.2) is 14.4 Å². The number of nitrogens with zero attached hydrogens (tertiary/aromatic N) is 2. The highest BCUT2D eigenvalue weighted by molar-refractivity contribution is 7.19. The lowest BCUT2D eigenvalue weighted by molar-refractivity contribution is 0.621. The number of aromatic nitrogens is 2. The van der Waals surface area contributed by atoms with Crippen LogP contribution in [-0.2, 0) is 6.42 Å². The number of thiophene rings is 1. The van der Waals surface area contributed by atoms with Gasteiger partial charge in [-0.3, -0.25) is 0 Å². The number of nitrogens with one attached hydrogen (secondary N) is 1. The molecule has 3 rings (SSSR count). The molecule has 114 valence electrons. The third kappa shape index (κ3) is 2.91. The van der Waals surface area contributed by atoms with Crippen molar-refractivity contribution in [1.29, 1.82) is 0 Å². The summed E-state index contributed by atoms with van der Waals surface area (Å²) in [7, 11) is 0. The molecule has 0 saturated carbocycles.